The molecule has 0 spiro atoms. The Morgan fingerprint density at radius 1 is 1.06 bits per heavy atom. The number of nitrogens with zero attached hydrogens (tertiary/aromatic N) is 1. The Morgan fingerprint density at radius 2 is 1.78 bits per heavy atom. The van der Waals surface area contributed by atoms with Crippen LogP contribution in [0.25, 0.3) is 0 Å². The van der Waals surface area contributed by atoms with Crippen molar-refractivity contribution in [2.45, 2.75) is 13.8 Å². The molecule has 0 bridgehead atoms. The van der Waals surface area contributed by atoms with E-state index < -0.39 is 0 Å². The summed E-state index contributed by atoms with van der Waals surface area (Å²) < 4.78 is 5.76. The lowest BCUT2D eigenvalue weighted by atomic mass is 10.1. The van der Waals surface area contributed by atoms with E-state index in [0.29, 0.717) is 11.4 Å². The highest BCUT2D eigenvalue weighted by atomic mass is 16.5. The number of carbonyl (C=O) groups excluding carboxylic acids is 1. The van der Waals surface area contributed by atoms with Gasteiger partial charge in [-0.3, -0.25) is 0 Å². The first-order valence-electron chi connectivity index (χ1n) is 5.62. The Bertz CT molecular complexity index is 599. The molecule has 0 N–H and O–H groups in total. The first-order chi connectivity index (χ1) is 8.70. The van der Waals surface area contributed by atoms with Gasteiger partial charge in [-0.1, -0.05) is 24.3 Å². The lowest BCUT2D eigenvalue weighted by Gasteiger charge is -2.10. The second-order valence-electron chi connectivity index (χ2n) is 4.02. The molecule has 0 saturated heterocycles. The summed E-state index contributed by atoms with van der Waals surface area (Å²) in [6.45, 7) is 3.86. The summed E-state index contributed by atoms with van der Waals surface area (Å²) >= 11 is 0. The van der Waals surface area contributed by atoms with Crippen molar-refractivity contribution >= 4 is 11.8 Å². The minimum Gasteiger partial charge on any atom is -0.457 e. The summed E-state index contributed by atoms with van der Waals surface area (Å²) in [5.74, 6) is 1.45. The molecule has 2 aromatic rings. The molecule has 0 amide bonds. The van der Waals surface area contributed by atoms with Crippen molar-refractivity contribution in [3.8, 4) is 11.5 Å². The van der Waals surface area contributed by atoms with E-state index in [0.717, 1.165) is 16.9 Å². The Kier molecular flexibility index (Phi) is 3.56. The van der Waals surface area contributed by atoms with E-state index in [1.165, 1.54) is 0 Å². The third kappa shape index (κ3) is 2.65. The first kappa shape index (κ1) is 12.1. The molecule has 0 saturated carbocycles. The van der Waals surface area contributed by atoms with Crippen LogP contribution < -0.4 is 4.74 Å². The monoisotopic (exact) mass is 239 g/mol. The third-order valence-corrected chi connectivity index (χ3v) is 2.63. The predicted molar refractivity (Wildman–Crippen MR) is 70.2 cm³/mol. The highest BCUT2D eigenvalue weighted by molar-refractivity contribution is 5.58. The average molecular weight is 239 g/mol. The van der Waals surface area contributed by atoms with E-state index in [2.05, 4.69) is 4.99 Å². The van der Waals surface area contributed by atoms with Gasteiger partial charge < -0.3 is 4.74 Å². The van der Waals surface area contributed by atoms with Crippen molar-refractivity contribution in [1.82, 2.24) is 0 Å². The van der Waals surface area contributed by atoms with Crippen LogP contribution in [-0.2, 0) is 4.79 Å². The SMILES string of the molecule is Cc1cc(C)c(Oc2ccccc2)cc1N=C=O. The topological polar surface area (TPSA) is 38.7 Å². The second kappa shape index (κ2) is 5.30. The summed E-state index contributed by atoms with van der Waals surface area (Å²) in [7, 11) is 0. The van der Waals surface area contributed by atoms with Crippen LogP contribution in [0.3, 0.4) is 0 Å². The summed E-state index contributed by atoms with van der Waals surface area (Å²) in [5, 5.41) is 0. The molecule has 90 valence electrons. The van der Waals surface area contributed by atoms with Gasteiger partial charge in [0.25, 0.3) is 0 Å². The van der Waals surface area contributed by atoms with Gasteiger partial charge in [0.15, 0.2) is 0 Å². The quantitative estimate of drug-likeness (QED) is 0.598. The number of isocyanates is 1. The van der Waals surface area contributed by atoms with Crippen molar-refractivity contribution < 1.29 is 9.53 Å². The van der Waals surface area contributed by atoms with Gasteiger partial charge >= 0.3 is 0 Å². The summed E-state index contributed by atoms with van der Waals surface area (Å²) in [5.41, 5.74) is 2.51. The molecule has 2 rings (SSSR count). The predicted octanol–water partition coefficient (Wildman–Crippen LogP) is 4.06. The number of rotatable bonds is 3. The Labute approximate surface area is 106 Å². The maximum atomic E-state index is 10.3. The molecular formula is C15H13NO2. The van der Waals surface area contributed by atoms with Crippen molar-refractivity contribution in [2.24, 2.45) is 4.99 Å². The van der Waals surface area contributed by atoms with Crippen LogP contribution in [0, 0.1) is 13.8 Å². The van der Waals surface area contributed by atoms with Crippen molar-refractivity contribution in [3.63, 3.8) is 0 Å². The average Bonchev–Trinajstić information content (AvgIpc) is 2.37. The fourth-order valence-electron chi connectivity index (χ4n) is 1.72. The first-order valence-corrected chi connectivity index (χ1v) is 5.62. The van der Waals surface area contributed by atoms with E-state index in [4.69, 9.17) is 4.74 Å². The Hall–Kier alpha value is -2.38. The molecule has 2 aromatic carbocycles. The number of aryl methyl sites for hydroxylation is 2. The zero-order chi connectivity index (χ0) is 13.0. The fourth-order valence-corrected chi connectivity index (χ4v) is 1.72. The molecule has 0 aliphatic carbocycles. The van der Waals surface area contributed by atoms with E-state index in [9.17, 15) is 4.79 Å². The molecule has 0 atom stereocenters. The molecule has 0 aliphatic rings. The van der Waals surface area contributed by atoms with E-state index in [-0.39, 0.29) is 0 Å². The number of hydrogen-bond donors (Lipinski definition) is 0. The summed E-state index contributed by atoms with van der Waals surface area (Å²) in [6.07, 6.45) is 1.55. The molecule has 0 unspecified atom stereocenters. The molecule has 0 heterocycles. The molecule has 0 aromatic heterocycles. The maximum absolute atomic E-state index is 10.3. The number of aliphatic imine (C=N–C) groups is 1. The van der Waals surface area contributed by atoms with Crippen LogP contribution in [0.1, 0.15) is 11.1 Å². The van der Waals surface area contributed by atoms with Crippen LogP contribution in [0.4, 0.5) is 5.69 Å². The van der Waals surface area contributed by atoms with Crippen LogP contribution >= 0.6 is 0 Å². The van der Waals surface area contributed by atoms with Gasteiger partial charge in [0.05, 0.1) is 5.69 Å². The van der Waals surface area contributed by atoms with Crippen LogP contribution in [0.15, 0.2) is 47.5 Å². The fraction of sp³-hybridized carbons (Fsp3) is 0.133. The standard InChI is InChI=1S/C15H13NO2/c1-11-8-12(2)15(9-14(11)16-10-17)18-13-6-4-3-5-7-13/h3-9H,1-2H3. The largest absolute Gasteiger partial charge is 0.457 e. The molecule has 3 nitrogen and oxygen atoms in total. The molecule has 0 radical (unpaired) electrons. The van der Waals surface area contributed by atoms with Gasteiger partial charge in [0.2, 0.25) is 6.08 Å². The van der Waals surface area contributed by atoms with Gasteiger partial charge in [-0.25, -0.2) is 4.79 Å². The summed E-state index contributed by atoms with van der Waals surface area (Å²) in [4.78, 5) is 14.0. The van der Waals surface area contributed by atoms with Crippen molar-refractivity contribution in [2.75, 3.05) is 0 Å². The molecule has 18 heavy (non-hydrogen) atoms. The lowest BCUT2D eigenvalue weighted by Crippen LogP contribution is -1.88. The number of ether oxygens (including phenoxy) is 1. The zero-order valence-electron chi connectivity index (χ0n) is 10.3. The minimum atomic E-state index is 0.585. The van der Waals surface area contributed by atoms with Crippen LogP contribution in [0.2, 0.25) is 0 Å². The van der Waals surface area contributed by atoms with Crippen LogP contribution in [0.5, 0.6) is 11.5 Å². The van der Waals surface area contributed by atoms with Crippen molar-refractivity contribution in [1.29, 1.82) is 0 Å². The second-order valence-corrected chi connectivity index (χ2v) is 4.02. The minimum absolute atomic E-state index is 0.585. The Morgan fingerprint density at radius 3 is 2.44 bits per heavy atom. The van der Waals surface area contributed by atoms with Crippen LogP contribution in [-0.4, -0.2) is 6.08 Å². The number of hydrogen-bond acceptors (Lipinski definition) is 3. The number of benzene rings is 2. The summed E-state index contributed by atoms with van der Waals surface area (Å²) in [6, 6.07) is 13.2. The van der Waals surface area contributed by atoms with Crippen molar-refractivity contribution in [3.05, 3.63) is 53.6 Å². The van der Waals surface area contributed by atoms with E-state index in [1.54, 1.807) is 12.1 Å². The molecular weight excluding hydrogens is 226 g/mol. The van der Waals surface area contributed by atoms with Gasteiger partial charge in [0.1, 0.15) is 11.5 Å². The lowest BCUT2D eigenvalue weighted by molar-refractivity contribution is 0.479. The normalized spacial score (nSPS) is 9.67. The highest BCUT2D eigenvalue weighted by Gasteiger charge is 2.06. The third-order valence-electron chi connectivity index (χ3n) is 2.63. The van der Waals surface area contributed by atoms with E-state index in [1.807, 2.05) is 50.2 Å². The Balaban J connectivity index is 2.39. The number of para-hydroxylation sites is 1. The highest BCUT2D eigenvalue weighted by Crippen LogP contribution is 2.31. The van der Waals surface area contributed by atoms with Gasteiger partial charge in [-0.15, -0.1) is 0 Å². The van der Waals surface area contributed by atoms with Gasteiger partial charge in [-0.2, -0.15) is 4.99 Å². The molecule has 0 fully saturated rings. The van der Waals surface area contributed by atoms with Gasteiger partial charge in [0, 0.05) is 6.07 Å². The smallest absolute Gasteiger partial charge is 0.240 e. The molecule has 3 heteroatoms. The van der Waals surface area contributed by atoms with Gasteiger partial charge in [-0.05, 0) is 37.1 Å². The molecule has 0 aliphatic heterocycles. The van der Waals surface area contributed by atoms with E-state index >= 15 is 0 Å². The zero-order valence-corrected chi connectivity index (χ0v) is 10.3. The maximum Gasteiger partial charge on any atom is 0.240 e.